The normalized spacial score (nSPS) is 11.5. The Morgan fingerprint density at radius 3 is 1.04 bits per heavy atom. The van der Waals surface area contributed by atoms with Gasteiger partial charge in [-0.15, -0.1) is 0 Å². The number of carbonyl (C=O) groups excluding carboxylic acids is 4. The molecule has 9 rings (SSSR count). The number of nitrogens with one attached hydrogen (secondary N) is 2. The van der Waals surface area contributed by atoms with Crippen LogP contribution in [0.5, 0.6) is 0 Å². The van der Waals surface area contributed by atoms with E-state index in [0.717, 1.165) is 0 Å². The average molecular weight is 747 g/mol. The van der Waals surface area contributed by atoms with Gasteiger partial charge in [-0.05, 0) is 72.8 Å². The second kappa shape index (κ2) is 12.9. The van der Waals surface area contributed by atoms with E-state index >= 15 is 0 Å². The first-order valence-electron chi connectivity index (χ1n) is 16.9. The third-order valence-electron chi connectivity index (χ3n) is 9.51. The van der Waals surface area contributed by atoms with E-state index in [0.29, 0.717) is 66.4 Å². The number of aromatic amines is 2. The molecule has 274 valence electrons. The van der Waals surface area contributed by atoms with Crippen LogP contribution in [0.15, 0.2) is 72.8 Å². The van der Waals surface area contributed by atoms with Crippen molar-refractivity contribution in [1.29, 1.82) is 0 Å². The number of fused-ring (bicyclic) bond motifs is 20. The number of esters is 4. The molecule has 0 atom stereocenters. The first kappa shape index (κ1) is 33.9. The number of hydrogen-bond donors (Lipinski definition) is 2. The summed E-state index contributed by atoms with van der Waals surface area (Å²) >= 11 is 0. The molecule has 2 N–H and O–H groups in total. The fourth-order valence-corrected chi connectivity index (χ4v) is 6.77. The van der Waals surface area contributed by atoms with Crippen molar-refractivity contribution in [1.82, 2.24) is 39.9 Å². The number of carbonyl (C=O) groups is 4. The summed E-state index contributed by atoms with van der Waals surface area (Å²) in [4.78, 5) is 86.7. The van der Waals surface area contributed by atoms with Crippen LogP contribution < -0.4 is 0 Å². The van der Waals surface area contributed by atoms with Crippen molar-refractivity contribution in [3.63, 3.8) is 0 Å². The summed E-state index contributed by atoms with van der Waals surface area (Å²) in [7, 11) is 5.17. The van der Waals surface area contributed by atoms with Crippen LogP contribution >= 0.6 is 0 Å². The number of ether oxygens (including phenoxy) is 4. The van der Waals surface area contributed by atoms with Crippen LogP contribution in [-0.4, -0.2) is 92.2 Å². The molecule has 2 aliphatic heterocycles. The van der Waals surface area contributed by atoms with E-state index in [1.807, 2.05) is 0 Å². The summed E-state index contributed by atoms with van der Waals surface area (Å²) in [6, 6.07) is 19.8. The summed E-state index contributed by atoms with van der Waals surface area (Å²) in [5, 5.41) is 2.22. The highest BCUT2D eigenvalue weighted by Crippen LogP contribution is 2.38. The minimum atomic E-state index is -0.554. The van der Waals surface area contributed by atoms with Gasteiger partial charge in [0.2, 0.25) is 0 Å². The third-order valence-corrected chi connectivity index (χ3v) is 9.51. The SMILES string of the molecule is COC(=O)c1ccc2c(c1)-c1nc-2nc2[nH]c(nc3nc(nc4[nH]c(n1)c1ccc(C(=O)OC)cc41)-c1ccc(C(=O)OC)cc1-3)c1ccc(C(=O)OC)cc21. The van der Waals surface area contributed by atoms with E-state index in [-0.39, 0.29) is 45.6 Å². The van der Waals surface area contributed by atoms with E-state index < -0.39 is 23.9 Å². The number of aromatic nitrogens is 8. The van der Waals surface area contributed by atoms with Crippen LogP contribution in [-0.2, 0) is 18.9 Å². The Kier molecular flexibility index (Phi) is 7.82. The lowest BCUT2D eigenvalue weighted by Gasteiger charge is -2.03. The molecular weight excluding hydrogens is 720 g/mol. The summed E-state index contributed by atoms with van der Waals surface area (Å²) in [5.74, 6) is -1.28. The summed E-state index contributed by atoms with van der Waals surface area (Å²) in [6.45, 7) is 0. The molecular formula is C40H26N8O8. The van der Waals surface area contributed by atoms with E-state index in [1.54, 1.807) is 72.8 Å². The van der Waals surface area contributed by atoms with Gasteiger partial charge < -0.3 is 28.9 Å². The van der Waals surface area contributed by atoms with Crippen LogP contribution in [0, 0.1) is 0 Å². The zero-order valence-corrected chi connectivity index (χ0v) is 29.9. The van der Waals surface area contributed by atoms with Gasteiger partial charge >= 0.3 is 23.9 Å². The number of hydrogen-bond acceptors (Lipinski definition) is 14. The van der Waals surface area contributed by atoms with E-state index in [1.165, 1.54) is 28.4 Å². The molecule has 0 spiro atoms. The molecule has 0 fully saturated rings. The summed E-state index contributed by atoms with van der Waals surface area (Å²) < 4.78 is 20.0. The third kappa shape index (κ3) is 5.38. The molecule has 3 aromatic heterocycles. The minimum absolute atomic E-state index is 0.217. The minimum Gasteiger partial charge on any atom is -0.465 e. The molecule has 0 saturated carbocycles. The lowest BCUT2D eigenvalue weighted by Crippen LogP contribution is -2.01. The second-order valence-electron chi connectivity index (χ2n) is 12.6. The van der Waals surface area contributed by atoms with Gasteiger partial charge in [0.15, 0.2) is 23.3 Å². The van der Waals surface area contributed by atoms with Crippen LogP contribution in [0.25, 0.3) is 89.7 Å². The summed E-state index contributed by atoms with van der Waals surface area (Å²) in [6.07, 6.45) is 0. The van der Waals surface area contributed by atoms with Gasteiger partial charge in [-0.2, -0.15) is 0 Å². The second-order valence-corrected chi connectivity index (χ2v) is 12.6. The number of benzene rings is 4. The molecule has 16 heteroatoms. The Morgan fingerprint density at radius 2 is 0.679 bits per heavy atom. The molecule has 56 heavy (non-hydrogen) atoms. The Morgan fingerprint density at radius 1 is 0.375 bits per heavy atom. The predicted octanol–water partition coefficient (Wildman–Crippen LogP) is 6.02. The Labute approximate surface area is 314 Å². The lowest BCUT2D eigenvalue weighted by molar-refractivity contribution is 0.0592. The smallest absolute Gasteiger partial charge is 0.337 e. The van der Waals surface area contributed by atoms with Crippen molar-refractivity contribution in [2.75, 3.05) is 28.4 Å². The zero-order chi connectivity index (χ0) is 38.8. The van der Waals surface area contributed by atoms with Gasteiger partial charge in [0.25, 0.3) is 0 Å². The molecule has 0 saturated heterocycles. The predicted molar refractivity (Wildman–Crippen MR) is 201 cm³/mol. The van der Waals surface area contributed by atoms with Gasteiger partial charge in [0, 0.05) is 43.8 Å². The van der Waals surface area contributed by atoms with Gasteiger partial charge in [-0.1, -0.05) is 0 Å². The standard InChI is InChI=1S/C40H26N8O8/c1-53-37(49)17-5-9-21-25(13-17)33-41-29(21)46-34-27-15-19(39(51)55-3)7-11-23(27)31(43-34)48-36-28-16-20(40(52)56-4)8-12-24(28)32(44-36)47-35-26-14-18(38(50)54-2)6-10-22(26)30(42-35)45-33/h5-16H,1-4H3,(H2,41,42,43,44,45,46,47,48). The molecule has 5 heterocycles. The van der Waals surface area contributed by atoms with Crippen LogP contribution in [0.2, 0.25) is 0 Å². The maximum absolute atomic E-state index is 12.7. The van der Waals surface area contributed by atoms with Crippen molar-refractivity contribution in [3.8, 4) is 45.6 Å². The monoisotopic (exact) mass is 746 g/mol. The van der Waals surface area contributed by atoms with Gasteiger partial charge in [-0.3, -0.25) is 0 Å². The lowest BCUT2D eigenvalue weighted by atomic mass is 10.0. The topological polar surface area (TPSA) is 214 Å². The molecule has 4 aromatic carbocycles. The molecule has 16 nitrogen and oxygen atoms in total. The van der Waals surface area contributed by atoms with Crippen molar-refractivity contribution in [2.45, 2.75) is 0 Å². The van der Waals surface area contributed by atoms with Crippen LogP contribution in [0.4, 0.5) is 0 Å². The quantitative estimate of drug-likeness (QED) is 0.156. The first-order chi connectivity index (χ1) is 27.2. The van der Waals surface area contributed by atoms with Gasteiger partial charge in [-0.25, -0.2) is 49.1 Å². The Balaban J connectivity index is 1.45. The highest BCUT2D eigenvalue weighted by atomic mass is 16.5. The van der Waals surface area contributed by atoms with Crippen molar-refractivity contribution in [3.05, 3.63) is 95.1 Å². The van der Waals surface area contributed by atoms with E-state index in [2.05, 4.69) is 9.97 Å². The number of H-pyrrole nitrogens is 2. The molecule has 0 unspecified atom stereocenters. The van der Waals surface area contributed by atoms with Crippen LogP contribution in [0.1, 0.15) is 41.4 Å². The highest BCUT2D eigenvalue weighted by molar-refractivity contribution is 6.09. The zero-order valence-electron chi connectivity index (χ0n) is 29.9. The maximum atomic E-state index is 12.7. The average Bonchev–Trinajstić information content (AvgIpc) is 3.96. The number of methoxy groups -OCH3 is 4. The molecule has 0 radical (unpaired) electrons. The molecule has 0 aliphatic carbocycles. The maximum Gasteiger partial charge on any atom is 0.337 e. The Bertz CT molecular complexity index is 2870. The van der Waals surface area contributed by atoms with Gasteiger partial charge in [0.05, 0.1) is 50.7 Å². The molecule has 7 aromatic rings. The first-order valence-corrected chi connectivity index (χ1v) is 16.9. The van der Waals surface area contributed by atoms with Crippen LogP contribution in [0.3, 0.4) is 0 Å². The van der Waals surface area contributed by atoms with E-state index in [4.69, 9.17) is 48.9 Å². The molecule has 0 amide bonds. The fraction of sp³-hybridized carbons (Fsp3) is 0.100. The van der Waals surface area contributed by atoms with Crippen molar-refractivity contribution < 1.29 is 38.1 Å². The summed E-state index contributed by atoms with van der Waals surface area (Å²) in [5.41, 5.74) is 4.47. The largest absolute Gasteiger partial charge is 0.465 e. The van der Waals surface area contributed by atoms with E-state index in [9.17, 15) is 19.2 Å². The number of nitrogens with zero attached hydrogens (tertiary/aromatic N) is 6. The Hall–Kier alpha value is -7.88. The van der Waals surface area contributed by atoms with Crippen molar-refractivity contribution >= 4 is 68.0 Å². The fourth-order valence-electron chi connectivity index (χ4n) is 6.77. The van der Waals surface area contributed by atoms with Gasteiger partial charge in [0.1, 0.15) is 22.6 Å². The van der Waals surface area contributed by atoms with Crippen molar-refractivity contribution in [2.24, 2.45) is 0 Å². The molecule has 8 bridgehead atoms. The highest BCUT2D eigenvalue weighted by Gasteiger charge is 2.25. The molecule has 2 aliphatic rings. The number of rotatable bonds is 4.